The van der Waals surface area contributed by atoms with Crippen molar-refractivity contribution in [2.24, 2.45) is 0 Å². The van der Waals surface area contributed by atoms with E-state index in [2.05, 4.69) is 17.2 Å². The van der Waals surface area contributed by atoms with Crippen molar-refractivity contribution in [2.45, 2.75) is 37.9 Å². The predicted octanol–water partition coefficient (Wildman–Crippen LogP) is 3.09. The van der Waals surface area contributed by atoms with Crippen LogP contribution in [0.5, 0.6) is 0 Å². The highest BCUT2D eigenvalue weighted by atomic mass is 35.5. The molecular formula is C18H24ClN3O3S. The lowest BCUT2D eigenvalue weighted by Crippen LogP contribution is -2.28. The van der Waals surface area contributed by atoms with Gasteiger partial charge >= 0.3 is 0 Å². The van der Waals surface area contributed by atoms with E-state index in [-0.39, 0.29) is 17.2 Å². The maximum Gasteiger partial charge on any atom is 0.262 e. The summed E-state index contributed by atoms with van der Waals surface area (Å²) in [4.78, 5) is 29.3. The zero-order chi connectivity index (χ0) is 18.9. The molecule has 0 aliphatic heterocycles. The first-order valence-electron chi connectivity index (χ1n) is 8.65. The highest BCUT2D eigenvalue weighted by Crippen LogP contribution is 2.20. The van der Waals surface area contributed by atoms with Crippen LogP contribution in [0.15, 0.2) is 28.2 Å². The maximum atomic E-state index is 12.8. The Balaban J connectivity index is 2.18. The van der Waals surface area contributed by atoms with E-state index in [0.29, 0.717) is 40.8 Å². The van der Waals surface area contributed by atoms with Gasteiger partial charge in [-0.2, -0.15) is 0 Å². The van der Waals surface area contributed by atoms with Gasteiger partial charge in [0.1, 0.15) is 0 Å². The molecule has 26 heavy (non-hydrogen) atoms. The number of methoxy groups -OCH3 is 1. The molecule has 1 aromatic carbocycles. The molecule has 8 heteroatoms. The van der Waals surface area contributed by atoms with Crippen molar-refractivity contribution < 1.29 is 9.53 Å². The maximum absolute atomic E-state index is 12.8. The molecule has 2 rings (SSSR count). The number of amides is 1. The van der Waals surface area contributed by atoms with Crippen LogP contribution in [-0.4, -0.2) is 41.5 Å². The summed E-state index contributed by atoms with van der Waals surface area (Å²) in [5.41, 5.74) is 0.372. The van der Waals surface area contributed by atoms with Gasteiger partial charge in [0.05, 0.1) is 29.8 Å². The summed E-state index contributed by atoms with van der Waals surface area (Å²) < 4.78 is 6.64. The Kier molecular flexibility index (Phi) is 8.41. The van der Waals surface area contributed by atoms with Crippen molar-refractivity contribution in [1.29, 1.82) is 0 Å². The average Bonchev–Trinajstić information content (AvgIpc) is 2.62. The Morgan fingerprint density at radius 2 is 2.19 bits per heavy atom. The molecule has 1 N–H and O–H groups in total. The van der Waals surface area contributed by atoms with Crippen LogP contribution in [0.4, 0.5) is 0 Å². The van der Waals surface area contributed by atoms with Gasteiger partial charge in [0.15, 0.2) is 5.16 Å². The van der Waals surface area contributed by atoms with Gasteiger partial charge in [-0.05, 0) is 24.6 Å². The molecule has 142 valence electrons. The van der Waals surface area contributed by atoms with Crippen LogP contribution in [0.2, 0.25) is 5.02 Å². The number of aromatic nitrogens is 2. The SMILES string of the molecule is CCCCCNC(=O)CSc1nc2cc(Cl)ccc2c(=O)n1CCOC. The molecule has 0 bridgehead atoms. The van der Waals surface area contributed by atoms with Gasteiger partial charge in [-0.25, -0.2) is 4.98 Å². The van der Waals surface area contributed by atoms with E-state index in [4.69, 9.17) is 16.3 Å². The molecule has 1 amide bonds. The molecule has 0 atom stereocenters. The second kappa shape index (κ2) is 10.5. The number of nitrogens with one attached hydrogen (secondary N) is 1. The molecule has 0 radical (unpaired) electrons. The second-order valence-electron chi connectivity index (χ2n) is 5.85. The number of carbonyl (C=O) groups excluding carboxylic acids is 1. The molecule has 1 aromatic heterocycles. The topological polar surface area (TPSA) is 73.2 Å². The first-order chi connectivity index (χ1) is 12.6. The van der Waals surface area contributed by atoms with Crippen molar-refractivity contribution in [1.82, 2.24) is 14.9 Å². The average molecular weight is 398 g/mol. The van der Waals surface area contributed by atoms with Crippen LogP contribution >= 0.6 is 23.4 Å². The normalized spacial score (nSPS) is 11.0. The lowest BCUT2D eigenvalue weighted by molar-refractivity contribution is -0.118. The summed E-state index contributed by atoms with van der Waals surface area (Å²) in [6, 6.07) is 5.00. The number of thioether (sulfide) groups is 1. The number of hydrogen-bond donors (Lipinski definition) is 1. The van der Waals surface area contributed by atoms with Crippen molar-refractivity contribution in [3.05, 3.63) is 33.6 Å². The molecular weight excluding hydrogens is 374 g/mol. The molecule has 0 aliphatic carbocycles. The second-order valence-corrected chi connectivity index (χ2v) is 7.23. The zero-order valence-electron chi connectivity index (χ0n) is 15.1. The van der Waals surface area contributed by atoms with Crippen molar-refractivity contribution in [3.63, 3.8) is 0 Å². The number of carbonyl (C=O) groups is 1. The molecule has 0 spiro atoms. The molecule has 0 fully saturated rings. The standard InChI is InChI=1S/C18H24ClN3O3S/c1-3-4-5-8-20-16(23)12-26-18-21-15-11-13(19)6-7-14(15)17(24)22(18)9-10-25-2/h6-7,11H,3-5,8-10,12H2,1-2H3,(H,20,23). The minimum atomic E-state index is -0.158. The lowest BCUT2D eigenvalue weighted by atomic mass is 10.2. The Labute approximate surface area is 162 Å². The van der Waals surface area contributed by atoms with Crippen molar-refractivity contribution in [2.75, 3.05) is 26.0 Å². The fourth-order valence-corrected chi connectivity index (χ4v) is 3.47. The summed E-state index contributed by atoms with van der Waals surface area (Å²) in [7, 11) is 1.58. The Hall–Kier alpha value is -1.57. The van der Waals surface area contributed by atoms with Gasteiger partial charge in [-0.3, -0.25) is 14.2 Å². The van der Waals surface area contributed by atoms with Crippen LogP contribution in [0.1, 0.15) is 26.2 Å². The van der Waals surface area contributed by atoms with Gasteiger partial charge in [0.25, 0.3) is 5.56 Å². The largest absolute Gasteiger partial charge is 0.383 e. The van der Waals surface area contributed by atoms with E-state index in [1.807, 2.05) is 0 Å². The third-order valence-electron chi connectivity index (χ3n) is 3.84. The van der Waals surface area contributed by atoms with E-state index in [1.54, 1.807) is 29.9 Å². The van der Waals surface area contributed by atoms with E-state index in [0.717, 1.165) is 19.3 Å². The molecule has 0 aliphatic rings. The quantitative estimate of drug-likeness (QED) is 0.379. The highest BCUT2D eigenvalue weighted by molar-refractivity contribution is 7.99. The molecule has 0 saturated carbocycles. The van der Waals surface area contributed by atoms with Crippen LogP contribution < -0.4 is 10.9 Å². The number of halogens is 1. The van der Waals surface area contributed by atoms with E-state index in [9.17, 15) is 9.59 Å². The Morgan fingerprint density at radius 3 is 2.92 bits per heavy atom. The minimum absolute atomic E-state index is 0.0650. The number of ether oxygens (including phenoxy) is 1. The summed E-state index contributed by atoms with van der Waals surface area (Å²) in [6.45, 7) is 3.55. The third-order valence-corrected chi connectivity index (χ3v) is 5.05. The third kappa shape index (κ3) is 5.72. The molecule has 2 aromatic rings. The summed E-state index contributed by atoms with van der Waals surface area (Å²) >= 11 is 7.26. The van der Waals surface area contributed by atoms with Gasteiger partial charge < -0.3 is 10.1 Å². The van der Waals surface area contributed by atoms with Crippen LogP contribution in [0, 0.1) is 0 Å². The smallest absolute Gasteiger partial charge is 0.262 e. The fraction of sp³-hybridized carbons (Fsp3) is 0.500. The number of nitrogens with zero attached hydrogens (tertiary/aromatic N) is 2. The molecule has 0 unspecified atom stereocenters. The van der Waals surface area contributed by atoms with Crippen molar-refractivity contribution >= 4 is 40.2 Å². The van der Waals surface area contributed by atoms with Crippen LogP contribution in [0.25, 0.3) is 10.9 Å². The van der Waals surface area contributed by atoms with Gasteiger partial charge in [0.2, 0.25) is 5.91 Å². The van der Waals surface area contributed by atoms with E-state index in [1.165, 1.54) is 11.8 Å². The monoisotopic (exact) mass is 397 g/mol. The summed E-state index contributed by atoms with van der Waals surface area (Å²) in [5, 5.41) is 4.40. The summed E-state index contributed by atoms with van der Waals surface area (Å²) in [5.74, 6) is 0.141. The first-order valence-corrected chi connectivity index (χ1v) is 10.0. The predicted molar refractivity (Wildman–Crippen MR) is 106 cm³/mol. The number of rotatable bonds is 10. The molecule has 0 saturated heterocycles. The van der Waals surface area contributed by atoms with E-state index >= 15 is 0 Å². The highest BCUT2D eigenvalue weighted by Gasteiger charge is 2.13. The number of unbranched alkanes of at least 4 members (excludes halogenated alkanes) is 2. The van der Waals surface area contributed by atoms with E-state index < -0.39 is 0 Å². The van der Waals surface area contributed by atoms with Crippen LogP contribution in [-0.2, 0) is 16.1 Å². The lowest BCUT2D eigenvalue weighted by Gasteiger charge is -2.13. The summed E-state index contributed by atoms with van der Waals surface area (Å²) in [6.07, 6.45) is 3.18. The number of fused-ring (bicyclic) bond motifs is 1. The Bertz CT molecular complexity index is 810. The number of benzene rings is 1. The first kappa shape index (κ1) is 20.7. The van der Waals surface area contributed by atoms with Gasteiger partial charge in [0, 0.05) is 18.7 Å². The minimum Gasteiger partial charge on any atom is -0.383 e. The van der Waals surface area contributed by atoms with Crippen LogP contribution in [0.3, 0.4) is 0 Å². The van der Waals surface area contributed by atoms with Gasteiger partial charge in [-0.15, -0.1) is 0 Å². The zero-order valence-corrected chi connectivity index (χ0v) is 16.7. The van der Waals surface area contributed by atoms with Gasteiger partial charge in [-0.1, -0.05) is 43.1 Å². The molecule has 1 heterocycles. The molecule has 6 nitrogen and oxygen atoms in total. The van der Waals surface area contributed by atoms with Crippen molar-refractivity contribution in [3.8, 4) is 0 Å². The Morgan fingerprint density at radius 1 is 1.38 bits per heavy atom. The number of hydrogen-bond acceptors (Lipinski definition) is 5. The fourth-order valence-electron chi connectivity index (χ4n) is 2.45.